The molecule has 0 aliphatic carbocycles. The van der Waals surface area contributed by atoms with E-state index in [2.05, 4.69) is 43.2 Å². The third kappa shape index (κ3) is 3.13. The largest absolute Gasteiger partial charge is 0.337 e. The molecule has 0 spiro atoms. The van der Waals surface area contributed by atoms with Crippen LogP contribution in [0.3, 0.4) is 0 Å². The molecule has 0 amide bonds. The van der Waals surface area contributed by atoms with Crippen LogP contribution in [-0.4, -0.2) is 54.9 Å². The molecule has 0 aromatic carbocycles. The third-order valence-corrected chi connectivity index (χ3v) is 4.55. The molecule has 3 aromatic heterocycles. The minimum Gasteiger partial charge on any atom is -0.337 e. The summed E-state index contributed by atoms with van der Waals surface area (Å²) in [5.74, 6) is 1.14. The highest BCUT2D eigenvalue weighted by Gasteiger charge is 2.19. The van der Waals surface area contributed by atoms with Crippen LogP contribution in [0.2, 0.25) is 0 Å². The molecule has 1 saturated heterocycles. The van der Waals surface area contributed by atoms with Crippen LogP contribution in [-0.2, 0) is 20.1 Å². The Morgan fingerprint density at radius 2 is 1.78 bits per heavy atom. The SMILES string of the molecule is Cn1ccnc1CN1CCN(Cc2cn3ccccc3n2)CC1. The lowest BCUT2D eigenvalue weighted by Gasteiger charge is -2.34. The smallest absolute Gasteiger partial charge is 0.137 e. The van der Waals surface area contributed by atoms with E-state index < -0.39 is 0 Å². The normalized spacial score (nSPS) is 17.1. The summed E-state index contributed by atoms with van der Waals surface area (Å²) in [7, 11) is 2.06. The zero-order valence-electron chi connectivity index (χ0n) is 13.5. The second-order valence-electron chi connectivity index (χ2n) is 6.21. The second kappa shape index (κ2) is 6.14. The van der Waals surface area contributed by atoms with E-state index >= 15 is 0 Å². The zero-order valence-corrected chi connectivity index (χ0v) is 13.5. The fraction of sp³-hybridized carbons (Fsp3) is 0.412. The van der Waals surface area contributed by atoms with E-state index in [0.29, 0.717) is 0 Å². The van der Waals surface area contributed by atoms with Gasteiger partial charge in [0.15, 0.2) is 0 Å². The molecule has 6 nitrogen and oxygen atoms in total. The number of aryl methyl sites for hydroxylation is 1. The van der Waals surface area contributed by atoms with E-state index in [9.17, 15) is 0 Å². The Kier molecular flexibility index (Phi) is 3.85. The number of fused-ring (bicyclic) bond motifs is 1. The summed E-state index contributed by atoms with van der Waals surface area (Å²) in [6.45, 7) is 6.20. The molecular weight excluding hydrogens is 288 g/mol. The average molecular weight is 310 g/mol. The molecule has 1 aliphatic heterocycles. The lowest BCUT2D eigenvalue weighted by molar-refractivity contribution is 0.118. The number of hydrogen-bond donors (Lipinski definition) is 0. The van der Waals surface area contributed by atoms with Crippen molar-refractivity contribution < 1.29 is 0 Å². The highest BCUT2D eigenvalue weighted by atomic mass is 15.3. The Labute approximate surface area is 136 Å². The Morgan fingerprint density at radius 3 is 2.48 bits per heavy atom. The van der Waals surface area contributed by atoms with Gasteiger partial charge in [-0.15, -0.1) is 0 Å². The van der Waals surface area contributed by atoms with Crippen molar-refractivity contribution in [1.82, 2.24) is 28.7 Å². The zero-order chi connectivity index (χ0) is 15.6. The average Bonchev–Trinajstić information content (AvgIpc) is 3.15. The maximum atomic E-state index is 4.69. The lowest BCUT2D eigenvalue weighted by Crippen LogP contribution is -2.45. The molecule has 6 heteroatoms. The van der Waals surface area contributed by atoms with Gasteiger partial charge in [-0.3, -0.25) is 9.80 Å². The third-order valence-electron chi connectivity index (χ3n) is 4.55. The van der Waals surface area contributed by atoms with Gasteiger partial charge in [-0.2, -0.15) is 0 Å². The van der Waals surface area contributed by atoms with Crippen molar-refractivity contribution >= 4 is 5.65 Å². The quantitative estimate of drug-likeness (QED) is 0.730. The van der Waals surface area contributed by atoms with Crippen LogP contribution >= 0.6 is 0 Å². The number of hydrogen-bond acceptors (Lipinski definition) is 4. The fourth-order valence-electron chi connectivity index (χ4n) is 3.15. The minimum atomic E-state index is 0.928. The van der Waals surface area contributed by atoms with Crippen LogP contribution in [0.1, 0.15) is 11.5 Å². The highest BCUT2D eigenvalue weighted by molar-refractivity contribution is 5.39. The van der Waals surface area contributed by atoms with Crippen LogP contribution in [0.4, 0.5) is 0 Å². The van der Waals surface area contributed by atoms with Crippen molar-refractivity contribution in [3.63, 3.8) is 0 Å². The van der Waals surface area contributed by atoms with E-state index in [1.807, 2.05) is 30.6 Å². The number of pyridine rings is 1. The molecular formula is C17H22N6. The predicted octanol–water partition coefficient (Wildman–Crippen LogP) is 1.39. The van der Waals surface area contributed by atoms with E-state index in [1.54, 1.807) is 0 Å². The van der Waals surface area contributed by atoms with E-state index in [1.165, 1.54) is 0 Å². The van der Waals surface area contributed by atoms with Crippen molar-refractivity contribution in [2.45, 2.75) is 13.1 Å². The van der Waals surface area contributed by atoms with Gasteiger partial charge in [0.1, 0.15) is 11.5 Å². The molecule has 1 fully saturated rings. The maximum absolute atomic E-state index is 4.69. The Hall–Kier alpha value is -2.18. The summed E-state index contributed by atoms with van der Waals surface area (Å²) < 4.78 is 4.19. The summed E-state index contributed by atoms with van der Waals surface area (Å²) in [4.78, 5) is 14.1. The maximum Gasteiger partial charge on any atom is 0.137 e. The highest BCUT2D eigenvalue weighted by Crippen LogP contribution is 2.11. The first-order chi connectivity index (χ1) is 11.3. The first-order valence-electron chi connectivity index (χ1n) is 8.11. The fourth-order valence-corrected chi connectivity index (χ4v) is 3.15. The van der Waals surface area contributed by atoms with Gasteiger partial charge in [0, 0.05) is 64.6 Å². The van der Waals surface area contributed by atoms with Crippen molar-refractivity contribution in [2.75, 3.05) is 26.2 Å². The van der Waals surface area contributed by atoms with Crippen LogP contribution in [0.5, 0.6) is 0 Å². The lowest BCUT2D eigenvalue weighted by atomic mass is 10.3. The van der Waals surface area contributed by atoms with Gasteiger partial charge >= 0.3 is 0 Å². The molecule has 0 N–H and O–H groups in total. The van der Waals surface area contributed by atoms with Gasteiger partial charge in [0.2, 0.25) is 0 Å². The molecule has 1 aliphatic rings. The van der Waals surface area contributed by atoms with Gasteiger partial charge in [-0.05, 0) is 12.1 Å². The summed E-state index contributed by atoms with van der Waals surface area (Å²) in [5.41, 5.74) is 2.17. The Morgan fingerprint density at radius 1 is 1.00 bits per heavy atom. The van der Waals surface area contributed by atoms with E-state index in [4.69, 9.17) is 4.98 Å². The number of aromatic nitrogens is 4. The summed E-state index contributed by atoms with van der Waals surface area (Å²) >= 11 is 0. The van der Waals surface area contributed by atoms with Gasteiger partial charge in [-0.1, -0.05) is 6.07 Å². The molecule has 3 aromatic rings. The van der Waals surface area contributed by atoms with E-state index in [-0.39, 0.29) is 0 Å². The van der Waals surface area contributed by atoms with Crippen molar-refractivity contribution in [2.24, 2.45) is 7.05 Å². The molecule has 0 bridgehead atoms. The van der Waals surface area contributed by atoms with Crippen LogP contribution in [0, 0.1) is 0 Å². The molecule has 0 unspecified atom stereocenters. The minimum absolute atomic E-state index is 0.928. The molecule has 0 radical (unpaired) electrons. The first kappa shape index (κ1) is 14.4. The molecule has 0 saturated carbocycles. The van der Waals surface area contributed by atoms with Gasteiger partial charge in [0.05, 0.1) is 12.2 Å². The van der Waals surface area contributed by atoms with Crippen molar-refractivity contribution in [3.05, 3.63) is 54.5 Å². The van der Waals surface area contributed by atoms with Crippen LogP contribution in [0.25, 0.3) is 5.65 Å². The molecule has 23 heavy (non-hydrogen) atoms. The molecule has 120 valence electrons. The van der Waals surface area contributed by atoms with Crippen molar-refractivity contribution in [3.8, 4) is 0 Å². The predicted molar refractivity (Wildman–Crippen MR) is 89.0 cm³/mol. The van der Waals surface area contributed by atoms with Crippen LogP contribution in [0.15, 0.2) is 43.0 Å². The van der Waals surface area contributed by atoms with Gasteiger partial charge < -0.3 is 8.97 Å². The second-order valence-corrected chi connectivity index (χ2v) is 6.21. The summed E-state index contributed by atoms with van der Waals surface area (Å²) in [5, 5.41) is 0. The van der Waals surface area contributed by atoms with E-state index in [0.717, 1.165) is 56.4 Å². The Balaban J connectivity index is 1.33. The number of imidazole rings is 2. The monoisotopic (exact) mass is 310 g/mol. The topological polar surface area (TPSA) is 41.6 Å². The molecule has 4 rings (SSSR count). The number of nitrogens with zero attached hydrogens (tertiary/aromatic N) is 6. The van der Waals surface area contributed by atoms with Gasteiger partial charge in [0.25, 0.3) is 0 Å². The summed E-state index contributed by atoms with van der Waals surface area (Å²) in [6.07, 6.45) is 8.07. The Bertz CT molecular complexity index is 748. The van der Waals surface area contributed by atoms with Gasteiger partial charge in [-0.25, -0.2) is 9.97 Å². The van der Waals surface area contributed by atoms with Crippen molar-refractivity contribution in [1.29, 1.82) is 0 Å². The molecule has 0 atom stereocenters. The van der Waals surface area contributed by atoms with Crippen LogP contribution < -0.4 is 0 Å². The summed E-state index contributed by atoms with van der Waals surface area (Å²) in [6, 6.07) is 6.12. The molecule has 4 heterocycles. The number of piperazine rings is 1. The number of rotatable bonds is 4. The first-order valence-corrected chi connectivity index (χ1v) is 8.11. The standard InChI is InChI=1S/C17H22N6/c1-20-7-5-18-17(20)14-22-10-8-21(9-11-22)12-15-13-23-6-3-2-4-16(23)19-15/h2-7,13H,8-12,14H2,1H3.